The molecule has 2 atom stereocenters. The minimum atomic E-state index is -0.705. The SMILES string of the molecule is CC(C)c1cccc(C(C)C)c1C1(O)CC2CCCC(C1)N2Cc1ccccc1. The molecular formula is C27H37NO. The lowest BCUT2D eigenvalue weighted by atomic mass is 9.68. The highest BCUT2D eigenvalue weighted by atomic mass is 16.3. The van der Waals surface area contributed by atoms with Gasteiger partial charge in [-0.1, -0.05) is 82.6 Å². The van der Waals surface area contributed by atoms with E-state index in [1.807, 2.05) is 0 Å². The third-order valence-corrected chi connectivity index (χ3v) is 7.21. The fourth-order valence-corrected chi connectivity index (χ4v) is 5.87. The first kappa shape index (κ1) is 20.6. The standard InChI is InChI=1S/C27H37NO/c1-19(2)24-14-9-15-25(20(3)4)26(24)27(29)16-22-12-8-13-23(17-27)28(22)18-21-10-6-5-7-11-21/h5-7,9-11,14-15,19-20,22-23,29H,8,12-13,16-18H2,1-4H3. The van der Waals surface area contributed by atoms with Crippen LogP contribution >= 0.6 is 0 Å². The van der Waals surface area contributed by atoms with E-state index in [-0.39, 0.29) is 0 Å². The van der Waals surface area contributed by atoms with Gasteiger partial charge >= 0.3 is 0 Å². The average Bonchev–Trinajstić information content (AvgIpc) is 2.69. The van der Waals surface area contributed by atoms with E-state index in [1.54, 1.807) is 0 Å². The van der Waals surface area contributed by atoms with Gasteiger partial charge in [-0.2, -0.15) is 0 Å². The molecule has 2 unspecified atom stereocenters. The zero-order valence-corrected chi connectivity index (χ0v) is 18.6. The van der Waals surface area contributed by atoms with Crippen molar-refractivity contribution in [3.8, 4) is 0 Å². The van der Waals surface area contributed by atoms with Crippen LogP contribution in [0.1, 0.15) is 93.9 Å². The lowest BCUT2D eigenvalue weighted by molar-refractivity contribution is -0.101. The molecule has 2 aromatic carbocycles. The van der Waals surface area contributed by atoms with Crippen LogP contribution in [0.4, 0.5) is 0 Å². The number of rotatable bonds is 5. The molecule has 29 heavy (non-hydrogen) atoms. The monoisotopic (exact) mass is 391 g/mol. The molecule has 2 aliphatic rings. The Labute approximate surface area is 177 Å². The minimum Gasteiger partial charge on any atom is -0.385 e. The van der Waals surface area contributed by atoms with Crippen LogP contribution in [-0.2, 0) is 12.1 Å². The first-order valence-electron chi connectivity index (χ1n) is 11.5. The maximum atomic E-state index is 12.2. The summed E-state index contributed by atoms with van der Waals surface area (Å²) in [4.78, 5) is 2.69. The van der Waals surface area contributed by atoms with Gasteiger partial charge in [-0.15, -0.1) is 0 Å². The molecule has 0 aromatic heterocycles. The first-order chi connectivity index (χ1) is 13.9. The Bertz CT molecular complexity index is 785. The van der Waals surface area contributed by atoms with Gasteiger partial charge in [0.1, 0.15) is 0 Å². The van der Waals surface area contributed by atoms with Gasteiger partial charge in [-0.3, -0.25) is 4.90 Å². The predicted octanol–water partition coefficient (Wildman–Crippen LogP) is 6.34. The van der Waals surface area contributed by atoms with Crippen molar-refractivity contribution in [2.24, 2.45) is 0 Å². The summed E-state index contributed by atoms with van der Waals surface area (Å²) in [6.45, 7) is 10.1. The van der Waals surface area contributed by atoms with Crippen molar-refractivity contribution in [3.05, 3.63) is 70.8 Å². The van der Waals surface area contributed by atoms with E-state index < -0.39 is 5.60 Å². The summed E-state index contributed by atoms with van der Waals surface area (Å²) in [5.74, 6) is 0.852. The maximum Gasteiger partial charge on any atom is 0.0931 e. The van der Waals surface area contributed by atoms with Crippen LogP contribution in [0.25, 0.3) is 0 Å². The molecule has 2 saturated heterocycles. The van der Waals surface area contributed by atoms with Gasteiger partial charge in [0, 0.05) is 18.6 Å². The van der Waals surface area contributed by atoms with Crippen LogP contribution in [0.3, 0.4) is 0 Å². The van der Waals surface area contributed by atoms with Gasteiger partial charge < -0.3 is 5.11 Å². The number of hydrogen-bond acceptors (Lipinski definition) is 2. The smallest absolute Gasteiger partial charge is 0.0931 e. The van der Waals surface area contributed by atoms with Crippen molar-refractivity contribution in [3.63, 3.8) is 0 Å². The zero-order chi connectivity index (χ0) is 20.6. The van der Waals surface area contributed by atoms with E-state index >= 15 is 0 Å². The molecule has 2 heterocycles. The van der Waals surface area contributed by atoms with E-state index in [2.05, 4.69) is 81.1 Å². The number of aliphatic hydroxyl groups is 1. The molecule has 156 valence electrons. The third-order valence-electron chi connectivity index (χ3n) is 7.21. The van der Waals surface area contributed by atoms with E-state index in [0.717, 1.165) is 19.4 Å². The quantitative estimate of drug-likeness (QED) is 0.643. The van der Waals surface area contributed by atoms with Gasteiger partial charge in [-0.05, 0) is 59.8 Å². The van der Waals surface area contributed by atoms with Crippen molar-refractivity contribution in [1.29, 1.82) is 0 Å². The molecule has 2 aromatic rings. The summed E-state index contributed by atoms with van der Waals surface area (Å²) >= 11 is 0. The van der Waals surface area contributed by atoms with Crippen molar-refractivity contribution >= 4 is 0 Å². The van der Waals surface area contributed by atoms with Crippen molar-refractivity contribution < 1.29 is 5.11 Å². The van der Waals surface area contributed by atoms with E-state index in [9.17, 15) is 5.11 Å². The summed E-state index contributed by atoms with van der Waals surface area (Å²) in [5, 5.41) is 12.2. The fourth-order valence-electron chi connectivity index (χ4n) is 5.87. The summed E-state index contributed by atoms with van der Waals surface area (Å²) in [6, 6.07) is 18.5. The molecule has 0 spiro atoms. The second kappa shape index (κ2) is 8.24. The lowest BCUT2D eigenvalue weighted by Crippen LogP contribution is -2.56. The molecular weight excluding hydrogens is 354 g/mol. The second-order valence-corrected chi connectivity index (χ2v) is 9.96. The van der Waals surface area contributed by atoms with Gasteiger partial charge in [0.2, 0.25) is 0 Å². The molecule has 1 N–H and O–H groups in total. The van der Waals surface area contributed by atoms with Gasteiger partial charge in [0.05, 0.1) is 5.60 Å². The Morgan fingerprint density at radius 3 is 1.93 bits per heavy atom. The molecule has 2 aliphatic heterocycles. The Balaban J connectivity index is 1.69. The van der Waals surface area contributed by atoms with E-state index in [0.29, 0.717) is 23.9 Å². The number of piperidine rings is 2. The van der Waals surface area contributed by atoms with Gasteiger partial charge in [0.25, 0.3) is 0 Å². The van der Waals surface area contributed by atoms with Crippen molar-refractivity contribution in [2.45, 2.75) is 95.9 Å². The maximum absolute atomic E-state index is 12.2. The topological polar surface area (TPSA) is 23.5 Å². The molecule has 0 amide bonds. The molecule has 2 bridgehead atoms. The van der Waals surface area contributed by atoms with Gasteiger partial charge in [-0.25, -0.2) is 0 Å². The molecule has 0 aliphatic carbocycles. The number of hydrogen-bond donors (Lipinski definition) is 1. The predicted molar refractivity (Wildman–Crippen MR) is 121 cm³/mol. The van der Waals surface area contributed by atoms with Crippen molar-refractivity contribution in [1.82, 2.24) is 4.90 Å². The summed E-state index contributed by atoms with van der Waals surface area (Å²) < 4.78 is 0. The minimum absolute atomic E-state index is 0.426. The molecule has 0 radical (unpaired) electrons. The van der Waals surface area contributed by atoms with E-state index in [4.69, 9.17) is 0 Å². The van der Waals surface area contributed by atoms with Crippen LogP contribution in [0.5, 0.6) is 0 Å². The Kier molecular flexibility index (Phi) is 5.86. The summed E-state index contributed by atoms with van der Waals surface area (Å²) in [6.07, 6.45) is 5.41. The van der Waals surface area contributed by atoms with Crippen LogP contribution in [0, 0.1) is 0 Å². The lowest BCUT2D eigenvalue weighted by Gasteiger charge is -2.53. The average molecular weight is 392 g/mol. The highest BCUT2D eigenvalue weighted by molar-refractivity contribution is 5.44. The van der Waals surface area contributed by atoms with E-state index in [1.165, 1.54) is 41.5 Å². The molecule has 4 rings (SSSR count). The van der Waals surface area contributed by atoms with Gasteiger partial charge in [0.15, 0.2) is 0 Å². The molecule has 0 saturated carbocycles. The first-order valence-corrected chi connectivity index (χ1v) is 11.5. The molecule has 2 nitrogen and oxygen atoms in total. The van der Waals surface area contributed by atoms with Crippen LogP contribution in [0.15, 0.2) is 48.5 Å². The molecule has 2 heteroatoms. The van der Waals surface area contributed by atoms with Crippen LogP contribution in [0.2, 0.25) is 0 Å². The number of fused-ring (bicyclic) bond motifs is 2. The largest absolute Gasteiger partial charge is 0.385 e. The Morgan fingerprint density at radius 2 is 1.41 bits per heavy atom. The zero-order valence-electron chi connectivity index (χ0n) is 18.6. The fraction of sp³-hybridized carbons (Fsp3) is 0.556. The summed E-state index contributed by atoms with van der Waals surface area (Å²) in [7, 11) is 0. The third kappa shape index (κ3) is 4.02. The number of nitrogens with zero attached hydrogens (tertiary/aromatic N) is 1. The molecule has 2 fully saturated rings. The second-order valence-electron chi connectivity index (χ2n) is 9.96. The normalized spacial score (nSPS) is 27.6. The Morgan fingerprint density at radius 1 is 0.862 bits per heavy atom. The summed E-state index contributed by atoms with van der Waals surface area (Å²) in [5.41, 5.74) is 4.62. The highest BCUT2D eigenvalue weighted by Gasteiger charge is 2.47. The highest BCUT2D eigenvalue weighted by Crippen LogP contribution is 2.48. The van der Waals surface area contributed by atoms with Crippen LogP contribution in [-0.4, -0.2) is 22.1 Å². The van der Waals surface area contributed by atoms with Crippen LogP contribution < -0.4 is 0 Å². The number of benzene rings is 2. The Hall–Kier alpha value is -1.64. The van der Waals surface area contributed by atoms with Crippen molar-refractivity contribution in [2.75, 3.05) is 0 Å².